The second-order valence-corrected chi connectivity index (χ2v) is 8.98. The number of hydrogen-bond donors (Lipinski definition) is 6. The third-order valence-electron chi connectivity index (χ3n) is 6.32. The van der Waals surface area contributed by atoms with Gasteiger partial charge in [0.25, 0.3) is 0 Å². The first-order valence-electron chi connectivity index (χ1n) is 12.7. The summed E-state index contributed by atoms with van der Waals surface area (Å²) in [5, 5.41) is 33.0. The van der Waals surface area contributed by atoms with Gasteiger partial charge in [0.2, 0.25) is 5.91 Å². The molecular weight excluding hydrogens is 508 g/mol. The first-order chi connectivity index (χ1) is 19.5. The van der Waals surface area contributed by atoms with Crippen LogP contribution in [0.5, 0.6) is 11.5 Å². The number of anilines is 1. The standard InChI is InChI=1S/C31H32N4O5/c1-39-28-18-24(14-17-27(28)40-20-21-8-4-2-5-9-21)29(33-25-15-12-23(13-16-25)30(32)35-38)31(37)34-26(19-36)22-10-6-3-7-11-22/h2-18,26,29,33,36,38H,19-20H2,1H3,(H2,32,35)(H,34,37)/t26-,29+/m1/s1. The molecular formula is C31H32N4O5. The zero-order valence-electron chi connectivity index (χ0n) is 22.0. The highest BCUT2D eigenvalue weighted by atomic mass is 16.5. The zero-order valence-corrected chi connectivity index (χ0v) is 22.0. The Labute approximate surface area is 232 Å². The molecule has 0 spiro atoms. The van der Waals surface area contributed by atoms with Crippen LogP contribution in [0.15, 0.2) is 103 Å². The number of carbonyl (C=O) groups is 1. The zero-order chi connectivity index (χ0) is 28.3. The number of ether oxygens (including phenoxy) is 2. The molecule has 0 heterocycles. The number of benzene rings is 4. The van der Waals surface area contributed by atoms with Crippen LogP contribution in [0.3, 0.4) is 0 Å². The predicted molar refractivity (Wildman–Crippen MR) is 153 cm³/mol. The van der Waals surface area contributed by atoms with Crippen LogP contribution in [0.2, 0.25) is 0 Å². The van der Waals surface area contributed by atoms with E-state index in [2.05, 4.69) is 10.6 Å². The fourth-order valence-corrected chi connectivity index (χ4v) is 4.16. The average Bonchev–Trinajstić information content (AvgIpc) is 3.02. The molecule has 0 unspecified atom stereocenters. The largest absolute Gasteiger partial charge is 0.493 e. The van der Waals surface area contributed by atoms with Gasteiger partial charge in [-0.1, -0.05) is 66.7 Å². The van der Waals surface area contributed by atoms with Crippen molar-refractivity contribution in [3.63, 3.8) is 0 Å². The molecule has 0 aromatic heterocycles. The van der Waals surface area contributed by atoms with Crippen molar-refractivity contribution in [1.82, 2.24) is 10.8 Å². The molecule has 4 aromatic carbocycles. The summed E-state index contributed by atoms with van der Waals surface area (Å²) in [4.78, 5) is 13.7. The molecule has 0 aliphatic carbocycles. The van der Waals surface area contributed by atoms with Crippen molar-refractivity contribution in [2.45, 2.75) is 18.7 Å². The van der Waals surface area contributed by atoms with Crippen molar-refractivity contribution in [2.75, 3.05) is 19.0 Å². The van der Waals surface area contributed by atoms with Gasteiger partial charge in [-0.15, -0.1) is 0 Å². The number of carbonyl (C=O) groups excluding carboxylic acids is 1. The maximum Gasteiger partial charge on any atom is 0.247 e. The Morgan fingerprint density at radius 2 is 1.55 bits per heavy atom. The molecule has 0 radical (unpaired) electrons. The van der Waals surface area contributed by atoms with Gasteiger partial charge in [-0.05, 0) is 53.1 Å². The quantitative estimate of drug-likeness (QED) is 0.0879. The van der Waals surface area contributed by atoms with Crippen molar-refractivity contribution < 1.29 is 24.6 Å². The molecule has 6 N–H and O–H groups in total. The predicted octanol–water partition coefficient (Wildman–Crippen LogP) is 4.58. The number of methoxy groups -OCH3 is 1. The molecule has 0 aliphatic heterocycles. The van der Waals surface area contributed by atoms with Gasteiger partial charge in [-0.2, -0.15) is 0 Å². The number of amides is 1. The second kappa shape index (κ2) is 13.8. The Balaban J connectivity index is 1.61. The molecule has 9 nitrogen and oxygen atoms in total. The van der Waals surface area contributed by atoms with Crippen molar-refractivity contribution in [1.29, 1.82) is 5.41 Å². The van der Waals surface area contributed by atoms with Gasteiger partial charge in [0.1, 0.15) is 18.5 Å². The van der Waals surface area contributed by atoms with E-state index in [1.807, 2.05) is 66.1 Å². The van der Waals surface area contributed by atoms with Gasteiger partial charge >= 0.3 is 0 Å². The molecule has 0 aliphatic rings. The fraction of sp³-hybridized carbons (Fsp3) is 0.161. The summed E-state index contributed by atoms with van der Waals surface area (Å²) in [5.74, 6) is 0.487. The van der Waals surface area contributed by atoms with Crippen molar-refractivity contribution in [3.8, 4) is 11.5 Å². The van der Waals surface area contributed by atoms with Crippen LogP contribution >= 0.6 is 0 Å². The molecule has 0 saturated heterocycles. The molecule has 206 valence electrons. The highest BCUT2D eigenvalue weighted by Gasteiger charge is 2.25. The molecule has 0 fully saturated rings. The number of nitrogens with one attached hydrogen (secondary N) is 4. The number of hydroxylamine groups is 1. The molecule has 0 saturated carbocycles. The lowest BCUT2D eigenvalue weighted by atomic mass is 10.0. The Morgan fingerprint density at radius 1 is 0.875 bits per heavy atom. The van der Waals surface area contributed by atoms with Crippen molar-refractivity contribution in [2.24, 2.45) is 0 Å². The smallest absolute Gasteiger partial charge is 0.247 e. The molecule has 4 rings (SSSR count). The van der Waals surface area contributed by atoms with Crippen LogP contribution in [0.25, 0.3) is 0 Å². The van der Waals surface area contributed by atoms with Crippen LogP contribution in [-0.4, -0.2) is 35.8 Å². The van der Waals surface area contributed by atoms with E-state index in [1.165, 1.54) is 7.11 Å². The molecule has 0 bridgehead atoms. The topological polar surface area (TPSA) is 136 Å². The van der Waals surface area contributed by atoms with Crippen LogP contribution in [-0.2, 0) is 11.4 Å². The van der Waals surface area contributed by atoms with E-state index in [9.17, 15) is 9.90 Å². The molecule has 9 heteroatoms. The summed E-state index contributed by atoms with van der Waals surface area (Å²) in [6.45, 7) is 0.0844. The number of amidine groups is 1. The summed E-state index contributed by atoms with van der Waals surface area (Å²) < 4.78 is 11.6. The molecule has 4 aromatic rings. The second-order valence-electron chi connectivity index (χ2n) is 8.98. The number of rotatable bonds is 12. The summed E-state index contributed by atoms with van der Waals surface area (Å²) in [6, 6.07) is 29.5. The minimum atomic E-state index is -0.865. The summed E-state index contributed by atoms with van der Waals surface area (Å²) in [7, 11) is 1.54. The minimum Gasteiger partial charge on any atom is -0.493 e. The lowest BCUT2D eigenvalue weighted by Crippen LogP contribution is -2.37. The van der Waals surface area contributed by atoms with Gasteiger partial charge in [0, 0.05) is 11.3 Å². The Hall–Kier alpha value is -4.86. The van der Waals surface area contributed by atoms with Gasteiger partial charge < -0.3 is 25.2 Å². The summed E-state index contributed by atoms with van der Waals surface area (Å²) in [5.41, 5.74) is 5.30. The van der Waals surface area contributed by atoms with Gasteiger partial charge in [0.05, 0.1) is 19.8 Å². The summed E-state index contributed by atoms with van der Waals surface area (Å²) in [6.07, 6.45) is 0. The van der Waals surface area contributed by atoms with E-state index in [0.29, 0.717) is 34.9 Å². The number of aliphatic hydroxyl groups excluding tert-OH is 1. The van der Waals surface area contributed by atoms with Crippen molar-refractivity contribution >= 4 is 17.4 Å². The first kappa shape index (κ1) is 28.2. The van der Waals surface area contributed by atoms with E-state index in [1.54, 1.807) is 42.5 Å². The van der Waals surface area contributed by atoms with E-state index < -0.39 is 12.1 Å². The highest BCUT2D eigenvalue weighted by molar-refractivity contribution is 5.96. The SMILES string of the molecule is COc1cc([C@H](Nc2ccc(C(=N)NO)cc2)C(=O)N[C@H](CO)c2ccccc2)ccc1OCc1ccccc1. The lowest BCUT2D eigenvalue weighted by molar-refractivity contribution is -0.123. The van der Waals surface area contributed by atoms with E-state index >= 15 is 0 Å². The first-order valence-corrected chi connectivity index (χ1v) is 12.7. The van der Waals surface area contributed by atoms with Crippen LogP contribution in [0.1, 0.15) is 34.3 Å². The molecule has 2 atom stereocenters. The van der Waals surface area contributed by atoms with E-state index in [0.717, 1.165) is 11.1 Å². The monoisotopic (exact) mass is 540 g/mol. The summed E-state index contributed by atoms with van der Waals surface area (Å²) >= 11 is 0. The van der Waals surface area contributed by atoms with E-state index in [-0.39, 0.29) is 18.3 Å². The molecule has 40 heavy (non-hydrogen) atoms. The third-order valence-corrected chi connectivity index (χ3v) is 6.32. The Kier molecular flexibility index (Phi) is 9.71. The van der Waals surface area contributed by atoms with Crippen LogP contribution < -0.4 is 25.6 Å². The van der Waals surface area contributed by atoms with Gasteiger partial charge in [-0.25, -0.2) is 0 Å². The maximum absolute atomic E-state index is 13.7. The average molecular weight is 541 g/mol. The van der Waals surface area contributed by atoms with E-state index in [4.69, 9.17) is 20.1 Å². The molecule has 1 amide bonds. The van der Waals surface area contributed by atoms with Crippen molar-refractivity contribution in [3.05, 3.63) is 125 Å². The normalized spacial score (nSPS) is 12.1. The minimum absolute atomic E-state index is 0.148. The third kappa shape index (κ3) is 7.16. The number of hydrogen-bond acceptors (Lipinski definition) is 7. The van der Waals surface area contributed by atoms with Gasteiger partial charge in [0.15, 0.2) is 11.5 Å². The van der Waals surface area contributed by atoms with Crippen LogP contribution in [0.4, 0.5) is 5.69 Å². The van der Waals surface area contributed by atoms with Gasteiger partial charge in [-0.3, -0.25) is 20.9 Å². The Bertz CT molecular complexity index is 1400. The maximum atomic E-state index is 13.7. The highest BCUT2D eigenvalue weighted by Crippen LogP contribution is 2.33. The fourth-order valence-electron chi connectivity index (χ4n) is 4.16. The lowest BCUT2D eigenvalue weighted by Gasteiger charge is -2.24. The number of aliphatic hydroxyl groups is 1. The Morgan fingerprint density at radius 3 is 2.17 bits per heavy atom. The van der Waals surface area contributed by atoms with Crippen LogP contribution in [0, 0.1) is 5.41 Å².